The number of benzene rings is 1. The number of non-ortho nitro benzene ring substituents is 1. The topological polar surface area (TPSA) is 75.4 Å². The summed E-state index contributed by atoms with van der Waals surface area (Å²) in [6.45, 7) is 0.764. The van der Waals surface area contributed by atoms with Crippen LogP contribution in [-0.4, -0.2) is 22.2 Å². The summed E-state index contributed by atoms with van der Waals surface area (Å²) < 4.78 is 0. The van der Waals surface area contributed by atoms with Gasteiger partial charge >= 0.3 is 0 Å². The van der Waals surface area contributed by atoms with Gasteiger partial charge in [-0.05, 0) is 31.4 Å². The molecule has 20 heavy (non-hydrogen) atoms. The second-order valence-corrected chi connectivity index (χ2v) is 5.99. The number of aliphatic hydroxyl groups is 1. The van der Waals surface area contributed by atoms with Crippen LogP contribution in [0.1, 0.15) is 43.7 Å². The summed E-state index contributed by atoms with van der Waals surface area (Å²) in [5.74, 6) is 0.159. The van der Waals surface area contributed by atoms with Crippen molar-refractivity contribution in [3.05, 3.63) is 39.9 Å². The van der Waals surface area contributed by atoms with Gasteiger partial charge in [-0.3, -0.25) is 10.1 Å². The minimum absolute atomic E-state index is 0.0222. The number of nitrogens with zero attached hydrogens (tertiary/aromatic N) is 1. The van der Waals surface area contributed by atoms with Gasteiger partial charge in [-0.1, -0.05) is 25.0 Å². The zero-order valence-electron chi connectivity index (χ0n) is 11.4. The predicted molar refractivity (Wildman–Crippen MR) is 75.4 cm³/mol. The van der Waals surface area contributed by atoms with Crippen LogP contribution >= 0.6 is 0 Å². The Morgan fingerprint density at radius 3 is 3.00 bits per heavy atom. The van der Waals surface area contributed by atoms with Gasteiger partial charge in [-0.15, -0.1) is 0 Å². The van der Waals surface area contributed by atoms with Crippen LogP contribution in [0.4, 0.5) is 5.69 Å². The fourth-order valence-corrected chi connectivity index (χ4v) is 3.81. The molecule has 1 aromatic carbocycles. The number of hydrogen-bond donors (Lipinski definition) is 2. The highest BCUT2D eigenvalue weighted by Gasteiger charge is 2.45. The first kappa shape index (κ1) is 13.5. The molecule has 1 aliphatic heterocycles. The Bertz CT molecular complexity index is 516. The van der Waals surface area contributed by atoms with E-state index in [4.69, 9.17) is 0 Å². The fraction of sp³-hybridized carbons (Fsp3) is 0.600. The molecule has 5 nitrogen and oxygen atoms in total. The van der Waals surface area contributed by atoms with E-state index in [1.54, 1.807) is 12.1 Å². The molecule has 0 unspecified atom stereocenters. The molecule has 1 heterocycles. The molecule has 3 atom stereocenters. The van der Waals surface area contributed by atoms with Crippen LogP contribution in [0.5, 0.6) is 0 Å². The average molecular weight is 276 g/mol. The van der Waals surface area contributed by atoms with Gasteiger partial charge in [-0.25, -0.2) is 0 Å². The Balaban J connectivity index is 1.92. The van der Waals surface area contributed by atoms with Crippen molar-refractivity contribution in [1.82, 2.24) is 5.32 Å². The molecule has 2 fully saturated rings. The first-order valence-corrected chi connectivity index (χ1v) is 7.30. The quantitative estimate of drug-likeness (QED) is 0.643. The highest BCUT2D eigenvalue weighted by atomic mass is 16.6. The molecule has 0 aromatic heterocycles. The highest BCUT2D eigenvalue weighted by Crippen LogP contribution is 2.45. The van der Waals surface area contributed by atoms with Crippen molar-refractivity contribution in [2.24, 2.45) is 5.92 Å². The van der Waals surface area contributed by atoms with Crippen molar-refractivity contribution < 1.29 is 10.0 Å². The normalized spacial score (nSPS) is 33.5. The Morgan fingerprint density at radius 2 is 2.20 bits per heavy atom. The predicted octanol–water partition coefficient (Wildman–Crippen LogP) is 2.55. The van der Waals surface area contributed by atoms with E-state index in [1.807, 2.05) is 6.07 Å². The molecular formula is C15H20N2O3. The molecular weight excluding hydrogens is 256 g/mol. The number of rotatable bonds is 2. The summed E-state index contributed by atoms with van der Waals surface area (Å²) in [5.41, 5.74) is 0.442. The van der Waals surface area contributed by atoms with Crippen molar-refractivity contribution in [2.45, 2.75) is 43.7 Å². The van der Waals surface area contributed by atoms with Gasteiger partial charge in [-0.2, -0.15) is 0 Å². The number of fused-ring (bicyclic) bond motifs is 1. The Kier molecular flexibility index (Phi) is 3.48. The first-order chi connectivity index (χ1) is 9.60. The molecule has 1 saturated carbocycles. The number of piperidine rings is 1. The van der Waals surface area contributed by atoms with Crippen molar-refractivity contribution >= 4 is 5.69 Å². The van der Waals surface area contributed by atoms with Crippen LogP contribution in [0.3, 0.4) is 0 Å². The minimum Gasteiger partial charge on any atom is -0.389 e. The molecule has 0 radical (unpaired) electrons. The van der Waals surface area contributed by atoms with Gasteiger partial charge in [0.1, 0.15) is 0 Å². The SMILES string of the molecule is O=[N+]([O-])c1cccc([C@H]2NCC[C@@]3(O)CCCC[C@H]23)c1. The van der Waals surface area contributed by atoms with E-state index in [0.29, 0.717) is 0 Å². The van der Waals surface area contributed by atoms with Crippen LogP contribution < -0.4 is 5.32 Å². The summed E-state index contributed by atoms with van der Waals surface area (Å²) in [6.07, 6.45) is 4.82. The standard InChI is InChI=1S/C15H20N2O3/c18-15-7-2-1-6-13(15)14(16-9-8-15)11-4-3-5-12(10-11)17(19)20/h3-5,10,13-14,16,18H,1-2,6-9H2/t13-,14-,15+/m1/s1. The lowest BCUT2D eigenvalue weighted by Gasteiger charge is -2.48. The summed E-state index contributed by atoms with van der Waals surface area (Å²) in [5, 5.41) is 25.2. The van der Waals surface area contributed by atoms with Gasteiger partial charge < -0.3 is 10.4 Å². The summed E-state index contributed by atoms with van der Waals surface area (Å²) >= 11 is 0. The van der Waals surface area contributed by atoms with Gasteiger partial charge in [0.05, 0.1) is 10.5 Å². The van der Waals surface area contributed by atoms with Gasteiger partial charge in [0.2, 0.25) is 0 Å². The maximum Gasteiger partial charge on any atom is 0.269 e. The molecule has 108 valence electrons. The Labute approximate surface area is 118 Å². The van der Waals surface area contributed by atoms with Gasteiger partial charge in [0.15, 0.2) is 0 Å². The lowest BCUT2D eigenvalue weighted by atomic mass is 9.67. The fourth-order valence-electron chi connectivity index (χ4n) is 3.81. The second kappa shape index (κ2) is 5.14. The molecule has 1 saturated heterocycles. The van der Waals surface area contributed by atoms with Crippen LogP contribution in [0, 0.1) is 16.0 Å². The summed E-state index contributed by atoms with van der Waals surface area (Å²) in [6, 6.07) is 6.82. The van der Waals surface area contributed by atoms with Crippen LogP contribution in [-0.2, 0) is 0 Å². The third-order valence-corrected chi connectivity index (χ3v) is 4.83. The molecule has 1 aromatic rings. The van der Waals surface area contributed by atoms with Crippen LogP contribution in [0.2, 0.25) is 0 Å². The zero-order valence-corrected chi connectivity index (χ0v) is 11.4. The molecule has 2 N–H and O–H groups in total. The summed E-state index contributed by atoms with van der Waals surface area (Å²) in [4.78, 5) is 10.6. The van der Waals surface area contributed by atoms with E-state index in [9.17, 15) is 15.2 Å². The van der Waals surface area contributed by atoms with Gasteiger partial charge in [0.25, 0.3) is 5.69 Å². The Morgan fingerprint density at radius 1 is 1.35 bits per heavy atom. The van der Waals surface area contributed by atoms with Crippen molar-refractivity contribution in [3.63, 3.8) is 0 Å². The molecule has 0 bridgehead atoms. The maximum atomic E-state index is 10.9. The third kappa shape index (κ3) is 2.31. The second-order valence-electron chi connectivity index (χ2n) is 5.99. The first-order valence-electron chi connectivity index (χ1n) is 7.30. The van der Waals surface area contributed by atoms with Crippen LogP contribution in [0.25, 0.3) is 0 Å². The van der Waals surface area contributed by atoms with E-state index >= 15 is 0 Å². The van der Waals surface area contributed by atoms with Crippen LogP contribution in [0.15, 0.2) is 24.3 Å². The lowest BCUT2D eigenvalue weighted by Crippen LogP contribution is -2.53. The molecule has 3 rings (SSSR count). The summed E-state index contributed by atoms with van der Waals surface area (Å²) in [7, 11) is 0. The van der Waals surface area contributed by atoms with E-state index in [2.05, 4.69) is 5.32 Å². The van der Waals surface area contributed by atoms with Crippen molar-refractivity contribution in [1.29, 1.82) is 0 Å². The number of nitro benzene ring substituents is 1. The molecule has 0 amide bonds. The number of nitrogens with one attached hydrogen (secondary N) is 1. The average Bonchev–Trinajstić information content (AvgIpc) is 2.46. The lowest BCUT2D eigenvalue weighted by molar-refractivity contribution is -0.385. The largest absolute Gasteiger partial charge is 0.389 e. The highest BCUT2D eigenvalue weighted by molar-refractivity contribution is 5.36. The monoisotopic (exact) mass is 276 g/mol. The minimum atomic E-state index is -0.598. The van der Waals surface area contributed by atoms with E-state index in [-0.39, 0.29) is 22.6 Å². The Hall–Kier alpha value is -1.46. The number of hydrogen-bond acceptors (Lipinski definition) is 4. The van der Waals surface area contributed by atoms with E-state index in [1.165, 1.54) is 6.07 Å². The third-order valence-electron chi connectivity index (χ3n) is 4.83. The van der Waals surface area contributed by atoms with Gasteiger partial charge in [0, 0.05) is 24.1 Å². The zero-order chi connectivity index (χ0) is 14.2. The van der Waals surface area contributed by atoms with E-state index in [0.717, 1.165) is 44.2 Å². The number of nitro groups is 1. The van der Waals surface area contributed by atoms with Crippen molar-refractivity contribution in [3.8, 4) is 0 Å². The molecule has 5 heteroatoms. The smallest absolute Gasteiger partial charge is 0.269 e. The maximum absolute atomic E-state index is 10.9. The molecule has 0 spiro atoms. The molecule has 1 aliphatic carbocycles. The molecule has 2 aliphatic rings. The van der Waals surface area contributed by atoms with Crippen molar-refractivity contribution in [2.75, 3.05) is 6.54 Å². The van der Waals surface area contributed by atoms with E-state index < -0.39 is 5.60 Å².